The molecule has 0 saturated carbocycles. The standard InChI is InChI=1S/C28H56NO4P/c1-5-6-7-8-9-10-11-12-13-14-15-16-17-18-19-20-21-22-23-24-25-26-28(30,34(31,32)33)27-29(2,3)4/h8-9,13-14,30H,5-7,10-12,15-27H2,1-4H3,(H-,31,32,33)/p+1/b9-8-,14-13-. The molecule has 0 spiro atoms. The van der Waals surface area contributed by atoms with Gasteiger partial charge >= 0.3 is 7.60 Å². The number of quaternary nitrogens is 1. The van der Waals surface area contributed by atoms with Crippen molar-refractivity contribution in [3.63, 3.8) is 0 Å². The lowest BCUT2D eigenvalue weighted by Gasteiger charge is -2.35. The van der Waals surface area contributed by atoms with E-state index in [1.807, 2.05) is 21.1 Å². The third-order valence-electron chi connectivity index (χ3n) is 6.27. The molecule has 0 aromatic rings. The Labute approximate surface area is 211 Å². The van der Waals surface area contributed by atoms with Gasteiger partial charge in [0, 0.05) is 0 Å². The summed E-state index contributed by atoms with van der Waals surface area (Å²) in [4.78, 5) is 19.2. The highest BCUT2D eigenvalue weighted by molar-refractivity contribution is 7.53. The zero-order chi connectivity index (χ0) is 25.8. The Morgan fingerprint density at radius 3 is 1.44 bits per heavy atom. The second-order valence-corrected chi connectivity index (χ2v) is 13.0. The number of hydrogen-bond acceptors (Lipinski definition) is 2. The number of aliphatic hydroxyl groups is 1. The van der Waals surface area contributed by atoms with Gasteiger partial charge in [-0.25, -0.2) is 0 Å². The summed E-state index contributed by atoms with van der Waals surface area (Å²) in [5.41, 5.74) is 0. The molecule has 5 nitrogen and oxygen atoms in total. The van der Waals surface area contributed by atoms with Crippen LogP contribution in [0.1, 0.15) is 122 Å². The van der Waals surface area contributed by atoms with Crippen molar-refractivity contribution in [2.75, 3.05) is 27.7 Å². The van der Waals surface area contributed by atoms with Gasteiger partial charge in [0.2, 0.25) is 5.34 Å². The Bertz CT molecular complexity index is 579. The highest BCUT2D eigenvalue weighted by Gasteiger charge is 2.48. The molecule has 6 heteroatoms. The molecule has 1 atom stereocenters. The van der Waals surface area contributed by atoms with Crippen LogP contribution < -0.4 is 0 Å². The average molecular weight is 503 g/mol. The number of likely N-dealkylation sites (N-methyl/N-ethyl adjacent to an activating group) is 1. The number of hydrogen-bond donors (Lipinski definition) is 3. The number of allylic oxidation sites excluding steroid dienone is 4. The zero-order valence-electron chi connectivity index (χ0n) is 22.9. The van der Waals surface area contributed by atoms with Crippen molar-refractivity contribution in [3.05, 3.63) is 24.3 Å². The van der Waals surface area contributed by atoms with E-state index < -0.39 is 12.9 Å². The van der Waals surface area contributed by atoms with Crippen molar-refractivity contribution in [2.24, 2.45) is 0 Å². The van der Waals surface area contributed by atoms with Crippen LogP contribution in [0.25, 0.3) is 0 Å². The van der Waals surface area contributed by atoms with Crippen LogP contribution >= 0.6 is 7.60 Å². The van der Waals surface area contributed by atoms with Gasteiger partial charge in [-0.05, 0) is 51.4 Å². The quantitative estimate of drug-likeness (QED) is 0.0578. The van der Waals surface area contributed by atoms with Crippen LogP contribution in [0.4, 0.5) is 0 Å². The fourth-order valence-corrected chi connectivity index (χ4v) is 5.37. The van der Waals surface area contributed by atoms with Crippen LogP contribution in [-0.4, -0.2) is 52.4 Å². The maximum Gasteiger partial charge on any atom is 0.362 e. The van der Waals surface area contributed by atoms with E-state index >= 15 is 0 Å². The van der Waals surface area contributed by atoms with Gasteiger partial charge in [0.15, 0.2) is 0 Å². The number of rotatable bonds is 23. The molecule has 0 heterocycles. The summed E-state index contributed by atoms with van der Waals surface area (Å²) >= 11 is 0. The number of nitrogens with zero attached hydrogens (tertiary/aromatic N) is 1. The molecule has 0 aliphatic heterocycles. The Morgan fingerprint density at radius 2 is 1.03 bits per heavy atom. The lowest BCUT2D eigenvalue weighted by molar-refractivity contribution is -0.875. The monoisotopic (exact) mass is 502 g/mol. The summed E-state index contributed by atoms with van der Waals surface area (Å²) in [5, 5.41) is 8.65. The second kappa shape index (κ2) is 19.7. The van der Waals surface area contributed by atoms with Gasteiger partial charge in [0.25, 0.3) is 0 Å². The first-order valence-corrected chi connectivity index (χ1v) is 15.5. The third kappa shape index (κ3) is 19.8. The maximum absolute atomic E-state index is 11.8. The van der Waals surface area contributed by atoms with E-state index in [4.69, 9.17) is 0 Å². The molecule has 0 aromatic carbocycles. The lowest BCUT2D eigenvalue weighted by Crippen LogP contribution is -2.49. The zero-order valence-corrected chi connectivity index (χ0v) is 23.8. The van der Waals surface area contributed by atoms with E-state index in [1.165, 1.54) is 89.9 Å². The third-order valence-corrected chi connectivity index (χ3v) is 7.72. The van der Waals surface area contributed by atoms with Gasteiger partial charge in [-0.15, -0.1) is 0 Å². The first-order valence-electron chi connectivity index (χ1n) is 13.9. The molecule has 0 rings (SSSR count). The molecular formula is C28H57NO4P+. The molecule has 0 bridgehead atoms. The van der Waals surface area contributed by atoms with Gasteiger partial charge in [0.1, 0.15) is 6.54 Å². The summed E-state index contributed by atoms with van der Waals surface area (Å²) in [6.45, 7) is 2.30. The molecule has 34 heavy (non-hydrogen) atoms. The molecule has 0 aromatic heterocycles. The van der Waals surface area contributed by atoms with Gasteiger partial charge in [-0.2, -0.15) is 0 Å². The van der Waals surface area contributed by atoms with Gasteiger partial charge in [0.05, 0.1) is 21.1 Å². The molecule has 202 valence electrons. The Hall–Kier alpha value is -0.450. The van der Waals surface area contributed by atoms with Crippen molar-refractivity contribution < 1.29 is 23.9 Å². The molecule has 3 N–H and O–H groups in total. The van der Waals surface area contributed by atoms with Crippen LogP contribution in [0.5, 0.6) is 0 Å². The van der Waals surface area contributed by atoms with Crippen molar-refractivity contribution >= 4 is 7.60 Å². The van der Waals surface area contributed by atoms with E-state index in [9.17, 15) is 19.5 Å². The highest BCUT2D eigenvalue weighted by Crippen LogP contribution is 2.52. The Balaban J connectivity index is 3.57. The van der Waals surface area contributed by atoms with Gasteiger partial charge in [-0.1, -0.05) is 95.4 Å². The van der Waals surface area contributed by atoms with Crippen molar-refractivity contribution in [2.45, 2.75) is 128 Å². The van der Waals surface area contributed by atoms with E-state index in [-0.39, 0.29) is 13.0 Å². The molecule has 0 aliphatic carbocycles. The highest BCUT2D eigenvalue weighted by atomic mass is 31.2. The largest absolute Gasteiger partial charge is 0.373 e. The lowest BCUT2D eigenvalue weighted by atomic mass is 10.0. The number of unbranched alkanes of at least 4 members (excludes halogenated alkanes) is 14. The predicted molar refractivity (Wildman–Crippen MR) is 147 cm³/mol. The Morgan fingerprint density at radius 1 is 0.647 bits per heavy atom. The predicted octanol–water partition coefficient (Wildman–Crippen LogP) is 7.71. The summed E-state index contributed by atoms with van der Waals surface area (Å²) in [6, 6.07) is 0. The molecule has 0 aliphatic rings. The smallest absolute Gasteiger partial charge is 0.362 e. The minimum atomic E-state index is -4.55. The van der Waals surface area contributed by atoms with Crippen molar-refractivity contribution in [1.29, 1.82) is 0 Å². The molecule has 1 unspecified atom stereocenters. The minimum Gasteiger partial charge on any atom is -0.373 e. The SMILES string of the molecule is CCCC/C=C\CCC/C=C\CCCCCCCCCCCCC(O)(C[N+](C)(C)C)P(=O)(O)O. The van der Waals surface area contributed by atoms with E-state index in [1.54, 1.807) is 0 Å². The van der Waals surface area contributed by atoms with E-state index in [2.05, 4.69) is 31.2 Å². The summed E-state index contributed by atoms with van der Waals surface area (Å²) in [7, 11) is 0.975. The van der Waals surface area contributed by atoms with Crippen molar-refractivity contribution in [3.8, 4) is 0 Å². The topological polar surface area (TPSA) is 77.8 Å². The van der Waals surface area contributed by atoms with Gasteiger partial charge < -0.3 is 19.4 Å². The molecule has 0 fully saturated rings. The average Bonchev–Trinajstić information content (AvgIpc) is 2.73. The summed E-state index contributed by atoms with van der Waals surface area (Å²) in [6.07, 6.45) is 29.8. The fraction of sp³-hybridized carbons (Fsp3) is 0.857. The maximum atomic E-state index is 11.8. The van der Waals surface area contributed by atoms with Crippen LogP contribution in [0.3, 0.4) is 0 Å². The first kappa shape index (κ1) is 33.5. The van der Waals surface area contributed by atoms with Crippen LogP contribution in [0.15, 0.2) is 24.3 Å². The van der Waals surface area contributed by atoms with Gasteiger partial charge in [-0.3, -0.25) is 4.57 Å². The normalized spacial score (nSPS) is 14.9. The second-order valence-electron chi connectivity index (χ2n) is 11.1. The van der Waals surface area contributed by atoms with Crippen LogP contribution in [0, 0.1) is 0 Å². The minimum absolute atomic E-state index is 0.0594. The summed E-state index contributed by atoms with van der Waals surface area (Å²) in [5.74, 6) is 0. The molecular weight excluding hydrogens is 445 g/mol. The molecule has 0 amide bonds. The van der Waals surface area contributed by atoms with Crippen LogP contribution in [0.2, 0.25) is 0 Å². The Kier molecular flexibility index (Phi) is 19.4. The molecule has 0 saturated heterocycles. The molecule has 0 radical (unpaired) electrons. The summed E-state index contributed by atoms with van der Waals surface area (Å²) < 4.78 is 12.1. The fourth-order valence-electron chi connectivity index (χ4n) is 4.31. The van der Waals surface area contributed by atoms with E-state index in [0.29, 0.717) is 10.9 Å². The van der Waals surface area contributed by atoms with Crippen molar-refractivity contribution in [1.82, 2.24) is 0 Å². The van der Waals surface area contributed by atoms with E-state index in [0.717, 1.165) is 12.8 Å². The first-order chi connectivity index (χ1) is 16.0. The van der Waals surface area contributed by atoms with Crippen LogP contribution in [-0.2, 0) is 4.57 Å².